The molecular formula is C15H22N4O. The van der Waals surface area contributed by atoms with Crippen molar-refractivity contribution in [3.63, 3.8) is 0 Å². The number of nitrogen functional groups attached to an aromatic ring is 1. The molecule has 2 aromatic rings. The van der Waals surface area contributed by atoms with Gasteiger partial charge in [-0.15, -0.1) is 0 Å². The first-order valence-corrected chi connectivity index (χ1v) is 6.93. The van der Waals surface area contributed by atoms with Crippen molar-refractivity contribution in [1.82, 2.24) is 9.78 Å². The van der Waals surface area contributed by atoms with Gasteiger partial charge in [0.25, 0.3) is 0 Å². The number of aromatic nitrogens is 2. The summed E-state index contributed by atoms with van der Waals surface area (Å²) in [4.78, 5) is 0. The number of anilines is 2. The summed E-state index contributed by atoms with van der Waals surface area (Å²) in [6.07, 6.45) is 3.71. The molecule has 2 rings (SSSR count). The van der Waals surface area contributed by atoms with Crippen molar-refractivity contribution in [3.8, 4) is 5.75 Å². The van der Waals surface area contributed by atoms with Crippen LogP contribution in [-0.4, -0.2) is 22.9 Å². The van der Waals surface area contributed by atoms with Crippen molar-refractivity contribution >= 4 is 11.4 Å². The molecule has 1 heterocycles. The van der Waals surface area contributed by atoms with Crippen LogP contribution in [0.4, 0.5) is 11.4 Å². The second-order valence-corrected chi connectivity index (χ2v) is 4.72. The molecule has 1 aromatic heterocycles. The average molecular weight is 274 g/mol. The Morgan fingerprint density at radius 2 is 2.20 bits per heavy atom. The molecule has 0 amide bonds. The molecule has 1 aromatic carbocycles. The van der Waals surface area contributed by atoms with E-state index in [1.807, 2.05) is 42.2 Å². The second kappa shape index (κ2) is 6.84. The highest BCUT2D eigenvalue weighted by Crippen LogP contribution is 2.25. The van der Waals surface area contributed by atoms with Gasteiger partial charge in [0.05, 0.1) is 12.3 Å². The van der Waals surface area contributed by atoms with Crippen molar-refractivity contribution in [3.05, 3.63) is 36.2 Å². The molecule has 0 aliphatic heterocycles. The van der Waals surface area contributed by atoms with E-state index in [2.05, 4.69) is 17.3 Å². The van der Waals surface area contributed by atoms with Crippen molar-refractivity contribution in [2.75, 3.05) is 24.2 Å². The van der Waals surface area contributed by atoms with Gasteiger partial charge in [-0.1, -0.05) is 6.92 Å². The fourth-order valence-electron chi connectivity index (χ4n) is 1.96. The highest BCUT2D eigenvalue weighted by Gasteiger charge is 2.03. The number of hydrogen-bond acceptors (Lipinski definition) is 4. The zero-order valence-electron chi connectivity index (χ0n) is 12.1. The van der Waals surface area contributed by atoms with Gasteiger partial charge in [-0.2, -0.15) is 5.10 Å². The lowest BCUT2D eigenvalue weighted by atomic mass is 10.2. The van der Waals surface area contributed by atoms with E-state index in [9.17, 15) is 0 Å². The minimum Gasteiger partial charge on any atom is -0.491 e. The molecule has 5 heteroatoms. The van der Waals surface area contributed by atoms with E-state index in [0.29, 0.717) is 12.3 Å². The fourth-order valence-corrected chi connectivity index (χ4v) is 1.96. The number of ether oxygens (including phenoxy) is 1. The number of nitrogens with one attached hydrogen (secondary N) is 1. The van der Waals surface area contributed by atoms with E-state index in [4.69, 9.17) is 10.5 Å². The summed E-state index contributed by atoms with van der Waals surface area (Å²) >= 11 is 0. The van der Waals surface area contributed by atoms with Crippen LogP contribution in [0.2, 0.25) is 0 Å². The number of hydrogen-bond donors (Lipinski definition) is 2. The summed E-state index contributed by atoms with van der Waals surface area (Å²) in [5, 5.41) is 7.53. The standard InChI is InChI=1S/C15H22N4O/c1-3-10-20-15-11-12(4-5-14(15)16)17-8-6-13-7-9-18-19(13)2/h4-5,7,9,11,17H,3,6,8,10,16H2,1-2H3. The van der Waals surface area contributed by atoms with Gasteiger partial charge in [-0.3, -0.25) is 4.68 Å². The minimum absolute atomic E-state index is 0.677. The minimum atomic E-state index is 0.677. The normalized spacial score (nSPS) is 10.5. The monoisotopic (exact) mass is 274 g/mol. The Balaban J connectivity index is 1.91. The molecule has 0 aliphatic carbocycles. The maximum Gasteiger partial charge on any atom is 0.144 e. The van der Waals surface area contributed by atoms with Gasteiger partial charge in [-0.25, -0.2) is 0 Å². The van der Waals surface area contributed by atoms with Crippen molar-refractivity contribution in [2.24, 2.45) is 7.05 Å². The molecule has 0 unspecified atom stereocenters. The molecule has 0 spiro atoms. The van der Waals surface area contributed by atoms with Gasteiger partial charge >= 0.3 is 0 Å². The first-order chi connectivity index (χ1) is 9.70. The Morgan fingerprint density at radius 3 is 2.90 bits per heavy atom. The largest absolute Gasteiger partial charge is 0.491 e. The van der Waals surface area contributed by atoms with Crippen LogP contribution < -0.4 is 15.8 Å². The molecule has 0 atom stereocenters. The molecule has 0 bridgehead atoms. The van der Waals surface area contributed by atoms with E-state index in [1.54, 1.807) is 0 Å². The Morgan fingerprint density at radius 1 is 1.35 bits per heavy atom. The number of nitrogens with two attached hydrogens (primary N) is 1. The summed E-state index contributed by atoms with van der Waals surface area (Å²) < 4.78 is 7.51. The van der Waals surface area contributed by atoms with Gasteiger partial charge in [0, 0.05) is 43.7 Å². The van der Waals surface area contributed by atoms with Gasteiger partial charge in [-0.05, 0) is 24.6 Å². The van der Waals surface area contributed by atoms with Crippen LogP contribution in [0.1, 0.15) is 19.0 Å². The van der Waals surface area contributed by atoms with Crippen LogP contribution in [-0.2, 0) is 13.5 Å². The lowest BCUT2D eigenvalue weighted by Crippen LogP contribution is -2.08. The number of aryl methyl sites for hydroxylation is 1. The van der Waals surface area contributed by atoms with Gasteiger partial charge < -0.3 is 15.8 Å². The van der Waals surface area contributed by atoms with Crippen LogP contribution in [0.25, 0.3) is 0 Å². The summed E-state index contributed by atoms with van der Waals surface area (Å²) in [6.45, 7) is 3.60. The molecule has 3 N–H and O–H groups in total. The SMILES string of the molecule is CCCOc1cc(NCCc2ccnn2C)ccc1N. The fraction of sp³-hybridized carbons (Fsp3) is 0.400. The van der Waals surface area contributed by atoms with E-state index >= 15 is 0 Å². The van der Waals surface area contributed by atoms with E-state index in [1.165, 1.54) is 5.69 Å². The maximum atomic E-state index is 5.89. The predicted molar refractivity (Wildman–Crippen MR) is 82.0 cm³/mol. The summed E-state index contributed by atoms with van der Waals surface area (Å²) in [5.74, 6) is 0.748. The quantitative estimate of drug-likeness (QED) is 0.761. The third-order valence-corrected chi connectivity index (χ3v) is 3.11. The molecule has 20 heavy (non-hydrogen) atoms. The Kier molecular flexibility index (Phi) is 4.87. The lowest BCUT2D eigenvalue weighted by Gasteiger charge is -2.11. The van der Waals surface area contributed by atoms with Crippen molar-refractivity contribution < 1.29 is 4.74 Å². The average Bonchev–Trinajstić information content (AvgIpc) is 2.85. The Bertz CT molecular complexity index is 551. The molecular weight excluding hydrogens is 252 g/mol. The zero-order chi connectivity index (χ0) is 14.4. The maximum absolute atomic E-state index is 5.89. The number of rotatable bonds is 7. The smallest absolute Gasteiger partial charge is 0.144 e. The molecule has 108 valence electrons. The summed E-state index contributed by atoms with van der Waals surface area (Å²) in [5.41, 5.74) is 8.79. The van der Waals surface area contributed by atoms with E-state index < -0.39 is 0 Å². The number of benzene rings is 1. The second-order valence-electron chi connectivity index (χ2n) is 4.72. The van der Waals surface area contributed by atoms with Gasteiger partial charge in [0.15, 0.2) is 0 Å². The topological polar surface area (TPSA) is 65.1 Å². The van der Waals surface area contributed by atoms with Gasteiger partial charge in [0.2, 0.25) is 0 Å². The van der Waals surface area contributed by atoms with Gasteiger partial charge in [0.1, 0.15) is 5.75 Å². The summed E-state index contributed by atoms with van der Waals surface area (Å²) in [6, 6.07) is 7.82. The third kappa shape index (κ3) is 3.66. The van der Waals surface area contributed by atoms with E-state index in [-0.39, 0.29) is 0 Å². The number of nitrogens with zero attached hydrogens (tertiary/aromatic N) is 2. The molecule has 0 saturated heterocycles. The first kappa shape index (κ1) is 14.2. The first-order valence-electron chi connectivity index (χ1n) is 6.93. The van der Waals surface area contributed by atoms with Crippen molar-refractivity contribution in [2.45, 2.75) is 19.8 Å². The highest BCUT2D eigenvalue weighted by molar-refractivity contribution is 5.61. The molecule has 0 radical (unpaired) electrons. The van der Waals surface area contributed by atoms with Crippen molar-refractivity contribution in [1.29, 1.82) is 0 Å². The lowest BCUT2D eigenvalue weighted by molar-refractivity contribution is 0.319. The zero-order valence-corrected chi connectivity index (χ0v) is 12.1. The highest BCUT2D eigenvalue weighted by atomic mass is 16.5. The van der Waals surface area contributed by atoms with Crippen LogP contribution in [0.5, 0.6) is 5.75 Å². The van der Waals surface area contributed by atoms with Crippen LogP contribution >= 0.6 is 0 Å². The third-order valence-electron chi connectivity index (χ3n) is 3.11. The Labute approximate surface area is 119 Å². The molecule has 0 saturated carbocycles. The van der Waals surface area contributed by atoms with Crippen LogP contribution in [0, 0.1) is 0 Å². The van der Waals surface area contributed by atoms with E-state index in [0.717, 1.165) is 30.8 Å². The Hall–Kier alpha value is -2.17. The molecule has 0 fully saturated rings. The summed E-state index contributed by atoms with van der Waals surface area (Å²) in [7, 11) is 1.95. The molecule has 5 nitrogen and oxygen atoms in total. The van der Waals surface area contributed by atoms with Crippen LogP contribution in [0.3, 0.4) is 0 Å². The van der Waals surface area contributed by atoms with Crippen LogP contribution in [0.15, 0.2) is 30.5 Å². The predicted octanol–water partition coefficient (Wildman–Crippen LogP) is 2.45. The molecule has 0 aliphatic rings.